The number of aromatic nitrogens is 4. The molecule has 1 aliphatic heterocycles. The SMILES string of the molecule is CNc1cc2nc3c(cnn13)C(=O)CCCOc1cc(C)c(C)c(n1)N2. The Morgan fingerprint density at radius 2 is 2.12 bits per heavy atom. The maximum Gasteiger partial charge on any atom is 0.215 e. The van der Waals surface area contributed by atoms with Crippen molar-refractivity contribution in [1.29, 1.82) is 0 Å². The van der Waals surface area contributed by atoms with Crippen molar-refractivity contribution in [2.24, 2.45) is 0 Å². The molecule has 0 spiro atoms. The number of aryl methyl sites for hydroxylation is 1. The van der Waals surface area contributed by atoms with E-state index in [4.69, 9.17) is 4.74 Å². The number of hydrogen-bond donors (Lipinski definition) is 2. The van der Waals surface area contributed by atoms with E-state index in [0.717, 1.165) is 16.9 Å². The summed E-state index contributed by atoms with van der Waals surface area (Å²) in [6.45, 7) is 4.44. The first-order valence-corrected chi connectivity index (χ1v) is 8.54. The van der Waals surface area contributed by atoms with Crippen LogP contribution in [-0.4, -0.2) is 39.0 Å². The van der Waals surface area contributed by atoms with Gasteiger partial charge in [0, 0.05) is 25.6 Å². The van der Waals surface area contributed by atoms with E-state index in [9.17, 15) is 4.79 Å². The van der Waals surface area contributed by atoms with E-state index in [0.29, 0.717) is 48.2 Å². The molecule has 0 saturated carbocycles. The van der Waals surface area contributed by atoms with Gasteiger partial charge in [-0.2, -0.15) is 14.6 Å². The van der Waals surface area contributed by atoms with Crippen molar-refractivity contribution >= 4 is 28.9 Å². The first-order chi connectivity index (χ1) is 12.6. The van der Waals surface area contributed by atoms with Gasteiger partial charge in [0.1, 0.15) is 17.5 Å². The number of fused-ring (bicyclic) bond motifs is 3. The summed E-state index contributed by atoms with van der Waals surface area (Å²) < 4.78 is 7.38. The minimum absolute atomic E-state index is 0.00146. The van der Waals surface area contributed by atoms with Crippen LogP contribution in [0.3, 0.4) is 0 Å². The third kappa shape index (κ3) is 2.73. The average molecular weight is 352 g/mol. The quantitative estimate of drug-likeness (QED) is 0.695. The predicted molar refractivity (Wildman–Crippen MR) is 98.6 cm³/mol. The van der Waals surface area contributed by atoms with Crippen LogP contribution < -0.4 is 15.4 Å². The average Bonchev–Trinajstić information content (AvgIpc) is 3.05. The van der Waals surface area contributed by atoms with Crippen molar-refractivity contribution in [1.82, 2.24) is 19.6 Å². The van der Waals surface area contributed by atoms with Crippen LogP contribution in [0.15, 0.2) is 18.3 Å². The Morgan fingerprint density at radius 3 is 2.92 bits per heavy atom. The lowest BCUT2D eigenvalue weighted by atomic mass is 10.1. The molecule has 0 amide bonds. The van der Waals surface area contributed by atoms with E-state index in [2.05, 4.69) is 25.7 Å². The molecule has 3 aromatic rings. The number of pyridine rings is 1. The molecule has 0 saturated heterocycles. The van der Waals surface area contributed by atoms with Gasteiger partial charge in [0.25, 0.3) is 0 Å². The molecule has 4 bridgehead atoms. The van der Waals surface area contributed by atoms with Gasteiger partial charge < -0.3 is 15.4 Å². The van der Waals surface area contributed by atoms with E-state index in [-0.39, 0.29) is 5.78 Å². The highest BCUT2D eigenvalue weighted by Crippen LogP contribution is 2.27. The molecule has 0 fully saturated rings. The van der Waals surface area contributed by atoms with Gasteiger partial charge in [0.15, 0.2) is 11.4 Å². The Morgan fingerprint density at radius 1 is 1.27 bits per heavy atom. The monoisotopic (exact) mass is 352 g/mol. The molecule has 8 heteroatoms. The molecule has 1 aliphatic rings. The highest BCUT2D eigenvalue weighted by atomic mass is 16.5. The van der Waals surface area contributed by atoms with Crippen LogP contribution in [0.1, 0.15) is 34.3 Å². The summed E-state index contributed by atoms with van der Waals surface area (Å²) >= 11 is 0. The largest absolute Gasteiger partial charge is 0.478 e. The fourth-order valence-corrected chi connectivity index (χ4v) is 2.97. The third-order valence-corrected chi connectivity index (χ3v) is 4.58. The summed E-state index contributed by atoms with van der Waals surface area (Å²) in [6, 6.07) is 3.74. The number of ketones is 1. The van der Waals surface area contributed by atoms with Crippen molar-refractivity contribution in [3.8, 4) is 5.88 Å². The first-order valence-electron chi connectivity index (χ1n) is 8.54. The molecule has 26 heavy (non-hydrogen) atoms. The minimum atomic E-state index is 0.00146. The fourth-order valence-electron chi connectivity index (χ4n) is 2.97. The van der Waals surface area contributed by atoms with Crippen molar-refractivity contribution in [3.05, 3.63) is 35.0 Å². The van der Waals surface area contributed by atoms with Crippen molar-refractivity contribution in [2.45, 2.75) is 26.7 Å². The molecule has 4 rings (SSSR count). The van der Waals surface area contributed by atoms with Crippen LogP contribution in [0.5, 0.6) is 5.88 Å². The van der Waals surface area contributed by atoms with E-state index in [1.807, 2.05) is 26.0 Å². The van der Waals surface area contributed by atoms with Crippen LogP contribution in [0.25, 0.3) is 5.65 Å². The van der Waals surface area contributed by atoms with E-state index in [1.165, 1.54) is 0 Å². The van der Waals surface area contributed by atoms with Gasteiger partial charge in [0.05, 0.1) is 18.4 Å². The number of Topliss-reactive ketones (excluding diaryl/α,β-unsaturated/α-hetero) is 1. The van der Waals surface area contributed by atoms with Crippen LogP contribution in [0, 0.1) is 13.8 Å². The second kappa shape index (κ2) is 6.29. The lowest BCUT2D eigenvalue weighted by molar-refractivity contribution is 0.0974. The molecule has 2 N–H and O–H groups in total. The number of nitrogens with zero attached hydrogens (tertiary/aromatic N) is 4. The Labute approximate surface area is 150 Å². The van der Waals surface area contributed by atoms with Gasteiger partial charge in [-0.3, -0.25) is 4.79 Å². The number of ether oxygens (including phenoxy) is 1. The Balaban J connectivity index is 1.92. The summed E-state index contributed by atoms with van der Waals surface area (Å²) in [6.07, 6.45) is 2.54. The van der Waals surface area contributed by atoms with Gasteiger partial charge >= 0.3 is 0 Å². The van der Waals surface area contributed by atoms with E-state index >= 15 is 0 Å². The smallest absolute Gasteiger partial charge is 0.215 e. The fraction of sp³-hybridized carbons (Fsp3) is 0.333. The van der Waals surface area contributed by atoms with Crippen LogP contribution in [0.2, 0.25) is 0 Å². The minimum Gasteiger partial charge on any atom is -0.478 e. The molecule has 0 atom stereocenters. The van der Waals surface area contributed by atoms with Crippen molar-refractivity contribution in [2.75, 3.05) is 24.3 Å². The van der Waals surface area contributed by atoms with Gasteiger partial charge in [-0.25, -0.2) is 4.98 Å². The van der Waals surface area contributed by atoms with E-state index < -0.39 is 0 Å². The van der Waals surface area contributed by atoms with Crippen LogP contribution >= 0.6 is 0 Å². The zero-order valence-electron chi connectivity index (χ0n) is 15.0. The molecule has 4 heterocycles. The summed E-state index contributed by atoms with van der Waals surface area (Å²) in [4.78, 5) is 21.8. The molecule has 3 aromatic heterocycles. The summed E-state index contributed by atoms with van der Waals surface area (Å²) in [5.41, 5.74) is 3.13. The number of nitrogens with one attached hydrogen (secondary N) is 2. The second-order valence-corrected chi connectivity index (χ2v) is 6.32. The second-order valence-electron chi connectivity index (χ2n) is 6.32. The maximum absolute atomic E-state index is 12.6. The summed E-state index contributed by atoms with van der Waals surface area (Å²) in [7, 11) is 1.80. The molecule has 0 unspecified atom stereocenters. The Hall–Kier alpha value is -3.16. The van der Waals surface area contributed by atoms with Crippen LogP contribution in [0.4, 0.5) is 17.5 Å². The van der Waals surface area contributed by atoms with Crippen molar-refractivity contribution < 1.29 is 9.53 Å². The summed E-state index contributed by atoms with van der Waals surface area (Å²) in [5, 5.41) is 10.7. The van der Waals surface area contributed by atoms with Crippen LogP contribution in [-0.2, 0) is 0 Å². The molecule has 0 radical (unpaired) electrons. The lowest BCUT2D eigenvalue weighted by Gasteiger charge is -2.14. The highest BCUT2D eigenvalue weighted by molar-refractivity contribution is 6.01. The first kappa shape index (κ1) is 16.3. The van der Waals surface area contributed by atoms with E-state index in [1.54, 1.807) is 17.8 Å². The normalized spacial score (nSPS) is 14.2. The number of rotatable bonds is 1. The maximum atomic E-state index is 12.6. The Kier molecular flexibility index (Phi) is 3.95. The third-order valence-electron chi connectivity index (χ3n) is 4.58. The zero-order chi connectivity index (χ0) is 18.3. The highest BCUT2D eigenvalue weighted by Gasteiger charge is 2.18. The molecular weight excluding hydrogens is 332 g/mol. The topological polar surface area (TPSA) is 93.4 Å². The standard InChI is InChI=1S/C18H20N6O2/c1-10-7-16-23-17(11(10)2)21-14-8-15(19-3)24-18(22-14)12(9-20-24)13(25)5-4-6-26-16/h7-9,19H,4-6H2,1-3H3,(H,21,22,23). The molecule has 0 aromatic carbocycles. The molecule has 0 aliphatic carbocycles. The van der Waals surface area contributed by atoms with Gasteiger partial charge in [-0.1, -0.05) is 0 Å². The van der Waals surface area contributed by atoms with Gasteiger partial charge in [-0.15, -0.1) is 0 Å². The number of hydrogen-bond acceptors (Lipinski definition) is 7. The van der Waals surface area contributed by atoms with Crippen molar-refractivity contribution in [3.63, 3.8) is 0 Å². The molecular formula is C18H20N6O2. The number of carbonyl (C=O) groups excluding carboxylic acids is 1. The molecule has 134 valence electrons. The number of carbonyl (C=O) groups is 1. The van der Waals surface area contributed by atoms with Gasteiger partial charge in [0.2, 0.25) is 5.88 Å². The predicted octanol–water partition coefficient (Wildman–Crippen LogP) is 2.88. The lowest BCUT2D eigenvalue weighted by Crippen LogP contribution is -2.07. The Bertz CT molecular complexity index is 1010. The van der Waals surface area contributed by atoms with Gasteiger partial charge in [-0.05, 0) is 31.4 Å². The zero-order valence-corrected chi connectivity index (χ0v) is 15.0. The number of anilines is 3. The molecule has 8 nitrogen and oxygen atoms in total. The summed E-state index contributed by atoms with van der Waals surface area (Å²) in [5.74, 6) is 2.54.